The maximum Gasteiger partial charge on any atom is 0.239 e. The molecule has 0 saturated heterocycles. The highest BCUT2D eigenvalue weighted by molar-refractivity contribution is 5.37. The highest BCUT2D eigenvalue weighted by Crippen LogP contribution is 2.22. The fourth-order valence-electron chi connectivity index (χ4n) is 1.29. The third kappa shape index (κ3) is 3.71. The van der Waals surface area contributed by atoms with Crippen LogP contribution < -0.4 is 10.1 Å². The van der Waals surface area contributed by atoms with Gasteiger partial charge in [-0.25, -0.2) is 0 Å². The molecule has 0 amide bonds. The summed E-state index contributed by atoms with van der Waals surface area (Å²) < 4.78 is 5.61. The van der Waals surface area contributed by atoms with E-state index < -0.39 is 0 Å². The number of benzene rings is 1. The number of hydrogen-bond acceptors (Lipinski definition) is 5. The molecule has 96 valence electrons. The van der Waals surface area contributed by atoms with E-state index in [0.29, 0.717) is 5.88 Å². The van der Waals surface area contributed by atoms with Gasteiger partial charge in [0.05, 0.1) is 0 Å². The molecule has 0 aliphatic rings. The third-order valence-electron chi connectivity index (χ3n) is 2.20. The number of rotatable bonds is 3. The summed E-state index contributed by atoms with van der Waals surface area (Å²) in [5.41, 5.74) is 1.07. The predicted molar refractivity (Wildman–Crippen MR) is 71.0 cm³/mol. The molecule has 2 N–H and O–H groups in total. The Morgan fingerprint density at radius 1 is 1.06 bits per heavy atom. The summed E-state index contributed by atoms with van der Waals surface area (Å²) in [5.74, 6) is 2.01. The Morgan fingerprint density at radius 3 is 2.33 bits per heavy atom. The highest BCUT2D eigenvalue weighted by Gasteiger charge is 2.01. The Labute approximate surface area is 106 Å². The summed E-state index contributed by atoms with van der Waals surface area (Å²) in [5, 5.41) is 17.8. The SMILES string of the molecule is CNc1ccc(Oc2ccccc2C)nn1.CO. The zero-order valence-corrected chi connectivity index (χ0v) is 10.7. The number of ether oxygens (including phenoxy) is 1. The lowest BCUT2D eigenvalue weighted by Gasteiger charge is -2.06. The number of aryl methyl sites for hydroxylation is 1. The van der Waals surface area contributed by atoms with Crippen LogP contribution in [-0.2, 0) is 0 Å². The minimum Gasteiger partial charge on any atom is -0.437 e. The van der Waals surface area contributed by atoms with Crippen LogP contribution in [0.25, 0.3) is 0 Å². The van der Waals surface area contributed by atoms with Gasteiger partial charge in [-0.3, -0.25) is 0 Å². The molecule has 2 aromatic rings. The number of hydrogen-bond donors (Lipinski definition) is 2. The molecule has 0 atom stereocenters. The first kappa shape index (κ1) is 13.9. The van der Waals surface area contributed by atoms with Gasteiger partial charge in [0, 0.05) is 20.2 Å². The van der Waals surface area contributed by atoms with Crippen LogP contribution in [0, 0.1) is 6.92 Å². The van der Waals surface area contributed by atoms with Gasteiger partial charge in [0.2, 0.25) is 5.88 Å². The van der Waals surface area contributed by atoms with Crippen LogP contribution in [-0.4, -0.2) is 29.5 Å². The van der Waals surface area contributed by atoms with Gasteiger partial charge in [0.25, 0.3) is 0 Å². The summed E-state index contributed by atoms with van der Waals surface area (Å²) >= 11 is 0. The molecular weight excluding hydrogens is 230 g/mol. The Morgan fingerprint density at radius 2 is 1.78 bits per heavy atom. The van der Waals surface area contributed by atoms with Crippen molar-refractivity contribution in [3.63, 3.8) is 0 Å². The maximum atomic E-state index is 7.00. The number of aliphatic hydroxyl groups excluding tert-OH is 1. The van der Waals surface area contributed by atoms with Crippen LogP contribution in [0.2, 0.25) is 0 Å². The normalized spacial score (nSPS) is 9.11. The van der Waals surface area contributed by atoms with Crippen molar-refractivity contribution < 1.29 is 9.84 Å². The fraction of sp³-hybridized carbons (Fsp3) is 0.231. The molecule has 0 fully saturated rings. The minimum atomic E-state index is 0.494. The van der Waals surface area contributed by atoms with Gasteiger partial charge in [-0.2, -0.15) is 0 Å². The van der Waals surface area contributed by atoms with E-state index in [1.807, 2.05) is 37.3 Å². The zero-order valence-electron chi connectivity index (χ0n) is 10.7. The first-order valence-electron chi connectivity index (χ1n) is 5.49. The second kappa shape index (κ2) is 7.24. The lowest BCUT2D eigenvalue weighted by molar-refractivity contribution is 0.399. The number of nitrogens with one attached hydrogen (secondary N) is 1. The lowest BCUT2D eigenvalue weighted by Crippen LogP contribution is -1.96. The molecule has 18 heavy (non-hydrogen) atoms. The second-order valence-electron chi connectivity index (χ2n) is 3.37. The zero-order chi connectivity index (χ0) is 13.4. The summed E-state index contributed by atoms with van der Waals surface area (Å²) in [6, 6.07) is 11.4. The van der Waals surface area contributed by atoms with Crippen LogP contribution in [0.1, 0.15) is 5.56 Å². The predicted octanol–water partition coefficient (Wildman–Crippen LogP) is 2.23. The molecule has 0 saturated carbocycles. The van der Waals surface area contributed by atoms with Gasteiger partial charge in [-0.05, 0) is 24.6 Å². The van der Waals surface area contributed by atoms with Gasteiger partial charge in [0.15, 0.2) is 0 Å². The minimum absolute atomic E-state index is 0.494. The van der Waals surface area contributed by atoms with Crippen molar-refractivity contribution in [2.75, 3.05) is 19.5 Å². The Hall–Kier alpha value is -2.14. The van der Waals surface area contributed by atoms with E-state index in [2.05, 4.69) is 15.5 Å². The molecule has 0 aliphatic carbocycles. The van der Waals surface area contributed by atoms with Gasteiger partial charge < -0.3 is 15.2 Å². The largest absolute Gasteiger partial charge is 0.437 e. The number of nitrogens with zero attached hydrogens (tertiary/aromatic N) is 2. The molecule has 1 heterocycles. The smallest absolute Gasteiger partial charge is 0.239 e. The van der Waals surface area contributed by atoms with Gasteiger partial charge in [0.1, 0.15) is 11.6 Å². The first-order chi connectivity index (χ1) is 8.79. The molecule has 0 bridgehead atoms. The van der Waals surface area contributed by atoms with Crippen LogP contribution in [0.15, 0.2) is 36.4 Å². The van der Waals surface area contributed by atoms with Crippen LogP contribution in [0.4, 0.5) is 5.82 Å². The van der Waals surface area contributed by atoms with Crippen LogP contribution in [0.3, 0.4) is 0 Å². The molecule has 5 nitrogen and oxygen atoms in total. The molecular formula is C13H17N3O2. The van der Waals surface area contributed by atoms with E-state index in [0.717, 1.165) is 24.2 Å². The Kier molecular flexibility index (Phi) is 5.60. The van der Waals surface area contributed by atoms with Crippen molar-refractivity contribution in [1.29, 1.82) is 0 Å². The summed E-state index contributed by atoms with van der Waals surface area (Å²) in [6.45, 7) is 1.99. The van der Waals surface area contributed by atoms with E-state index in [1.165, 1.54) is 0 Å². The highest BCUT2D eigenvalue weighted by atomic mass is 16.5. The quantitative estimate of drug-likeness (QED) is 0.870. The van der Waals surface area contributed by atoms with Crippen molar-refractivity contribution in [2.24, 2.45) is 0 Å². The average molecular weight is 247 g/mol. The van der Waals surface area contributed by atoms with Crippen LogP contribution in [0.5, 0.6) is 11.6 Å². The third-order valence-corrected chi connectivity index (χ3v) is 2.20. The van der Waals surface area contributed by atoms with E-state index >= 15 is 0 Å². The van der Waals surface area contributed by atoms with E-state index in [4.69, 9.17) is 9.84 Å². The molecule has 0 spiro atoms. The Balaban J connectivity index is 0.000000771. The molecule has 0 unspecified atom stereocenters. The number of para-hydroxylation sites is 1. The van der Waals surface area contributed by atoms with E-state index in [-0.39, 0.29) is 0 Å². The van der Waals surface area contributed by atoms with Crippen molar-refractivity contribution >= 4 is 5.82 Å². The van der Waals surface area contributed by atoms with Crippen molar-refractivity contribution in [2.45, 2.75) is 6.92 Å². The number of aliphatic hydroxyl groups is 1. The molecule has 2 rings (SSSR count). The summed E-state index contributed by atoms with van der Waals surface area (Å²) in [4.78, 5) is 0. The van der Waals surface area contributed by atoms with Gasteiger partial charge in [-0.1, -0.05) is 18.2 Å². The Bertz CT molecular complexity index is 472. The van der Waals surface area contributed by atoms with Crippen molar-refractivity contribution in [1.82, 2.24) is 10.2 Å². The molecule has 1 aromatic carbocycles. The fourth-order valence-corrected chi connectivity index (χ4v) is 1.29. The number of anilines is 1. The maximum absolute atomic E-state index is 7.00. The van der Waals surface area contributed by atoms with Crippen molar-refractivity contribution in [3.05, 3.63) is 42.0 Å². The molecule has 5 heteroatoms. The molecule has 1 aromatic heterocycles. The monoisotopic (exact) mass is 247 g/mol. The average Bonchev–Trinajstić information content (AvgIpc) is 2.44. The van der Waals surface area contributed by atoms with Gasteiger partial charge >= 0.3 is 0 Å². The standard InChI is InChI=1S/C12H13N3O.CH4O/c1-9-5-3-4-6-10(9)16-12-8-7-11(13-2)14-15-12;1-2/h3-8H,1-2H3,(H,13,14);2H,1H3. The summed E-state index contributed by atoms with van der Waals surface area (Å²) in [6.07, 6.45) is 0. The van der Waals surface area contributed by atoms with Gasteiger partial charge in [-0.15, -0.1) is 10.2 Å². The van der Waals surface area contributed by atoms with E-state index in [1.54, 1.807) is 13.1 Å². The van der Waals surface area contributed by atoms with E-state index in [9.17, 15) is 0 Å². The van der Waals surface area contributed by atoms with Crippen molar-refractivity contribution in [3.8, 4) is 11.6 Å². The number of aromatic nitrogens is 2. The lowest BCUT2D eigenvalue weighted by atomic mass is 10.2. The van der Waals surface area contributed by atoms with Crippen LogP contribution >= 0.6 is 0 Å². The second-order valence-corrected chi connectivity index (χ2v) is 3.37. The first-order valence-corrected chi connectivity index (χ1v) is 5.49. The topological polar surface area (TPSA) is 67.3 Å². The molecule has 0 radical (unpaired) electrons. The molecule has 0 aliphatic heterocycles. The summed E-state index contributed by atoms with van der Waals surface area (Å²) in [7, 11) is 2.80.